The molecule has 0 radical (unpaired) electrons. The number of amides is 2. The molecule has 1 aliphatic heterocycles. The van der Waals surface area contributed by atoms with Crippen LogP contribution in [0.5, 0.6) is 5.88 Å². The van der Waals surface area contributed by atoms with Crippen LogP contribution >= 0.6 is 11.6 Å². The van der Waals surface area contributed by atoms with Gasteiger partial charge in [-0.1, -0.05) is 29.8 Å². The molecule has 0 aliphatic carbocycles. The molecule has 0 N–H and O–H groups in total. The van der Waals surface area contributed by atoms with Crippen LogP contribution in [0.4, 0.5) is 11.4 Å². The second-order valence-corrected chi connectivity index (χ2v) is 8.46. The van der Waals surface area contributed by atoms with E-state index in [1.165, 1.54) is 13.3 Å². The van der Waals surface area contributed by atoms with Gasteiger partial charge in [-0.15, -0.1) is 0 Å². The maximum absolute atomic E-state index is 13.7. The molecule has 0 spiro atoms. The van der Waals surface area contributed by atoms with Crippen molar-refractivity contribution in [3.8, 4) is 5.88 Å². The number of para-hydroxylation sites is 1. The molecule has 0 unspecified atom stereocenters. The second kappa shape index (κ2) is 9.63. The van der Waals surface area contributed by atoms with Crippen molar-refractivity contribution in [3.63, 3.8) is 0 Å². The summed E-state index contributed by atoms with van der Waals surface area (Å²) in [6.45, 7) is 4.47. The zero-order valence-electron chi connectivity index (χ0n) is 18.9. The van der Waals surface area contributed by atoms with Crippen LogP contribution < -0.4 is 14.5 Å². The number of fused-ring (bicyclic) bond motifs is 1. The van der Waals surface area contributed by atoms with Gasteiger partial charge in [0.1, 0.15) is 0 Å². The topological polar surface area (TPSA) is 62.7 Å². The fraction of sp³-hybridized carbons (Fsp3) is 0.269. The highest BCUT2D eigenvalue weighted by Crippen LogP contribution is 2.40. The zero-order valence-corrected chi connectivity index (χ0v) is 19.6. The van der Waals surface area contributed by atoms with E-state index in [0.717, 1.165) is 16.9 Å². The Labute approximate surface area is 198 Å². The van der Waals surface area contributed by atoms with Crippen molar-refractivity contribution in [3.05, 3.63) is 83.0 Å². The molecule has 2 heterocycles. The Kier molecular flexibility index (Phi) is 6.65. The highest BCUT2D eigenvalue weighted by Gasteiger charge is 2.38. The highest BCUT2D eigenvalue weighted by molar-refractivity contribution is 6.30. The number of halogens is 1. The molecule has 6 nitrogen and oxygen atoms in total. The molecule has 2 atom stereocenters. The van der Waals surface area contributed by atoms with Gasteiger partial charge in [-0.05, 0) is 62.2 Å². The summed E-state index contributed by atoms with van der Waals surface area (Å²) in [4.78, 5) is 34.8. The minimum Gasteiger partial charge on any atom is -0.481 e. The van der Waals surface area contributed by atoms with Gasteiger partial charge >= 0.3 is 0 Å². The van der Waals surface area contributed by atoms with E-state index in [-0.39, 0.29) is 23.8 Å². The van der Waals surface area contributed by atoms with Crippen molar-refractivity contribution in [2.24, 2.45) is 0 Å². The van der Waals surface area contributed by atoms with E-state index in [1.807, 2.05) is 50.2 Å². The molecule has 2 aromatic carbocycles. The minimum atomic E-state index is -0.357. The number of ether oxygens (including phenoxy) is 1. The monoisotopic (exact) mass is 463 g/mol. The van der Waals surface area contributed by atoms with Crippen molar-refractivity contribution in [1.29, 1.82) is 0 Å². The van der Waals surface area contributed by atoms with Crippen molar-refractivity contribution in [2.75, 3.05) is 23.5 Å². The molecule has 1 aromatic heterocycles. The van der Waals surface area contributed by atoms with Crippen LogP contribution in [0.2, 0.25) is 5.02 Å². The van der Waals surface area contributed by atoms with Gasteiger partial charge in [0.05, 0.1) is 18.6 Å². The van der Waals surface area contributed by atoms with Crippen molar-refractivity contribution < 1.29 is 14.3 Å². The maximum Gasteiger partial charge on any atom is 0.260 e. The lowest BCUT2D eigenvalue weighted by Crippen LogP contribution is -2.46. The number of likely N-dealkylation sites (N-methyl/N-ethyl adjacent to an activating group) is 1. The molecule has 33 heavy (non-hydrogen) atoms. The van der Waals surface area contributed by atoms with Crippen LogP contribution in [0.1, 0.15) is 42.1 Å². The number of nitrogens with zero attached hydrogens (tertiary/aromatic N) is 3. The first kappa shape index (κ1) is 22.8. The fourth-order valence-electron chi connectivity index (χ4n) is 4.40. The lowest BCUT2D eigenvalue weighted by atomic mass is 9.84. The predicted octanol–water partition coefficient (Wildman–Crippen LogP) is 5.32. The number of pyridine rings is 1. The van der Waals surface area contributed by atoms with Gasteiger partial charge < -0.3 is 14.5 Å². The summed E-state index contributed by atoms with van der Waals surface area (Å²) in [5, 5.41) is 0.626. The van der Waals surface area contributed by atoms with E-state index in [2.05, 4.69) is 4.98 Å². The lowest BCUT2D eigenvalue weighted by Gasteiger charge is -2.40. The number of hydrogen-bond acceptors (Lipinski definition) is 4. The average Bonchev–Trinajstić information content (AvgIpc) is 2.84. The normalized spacial score (nSPS) is 17.3. The minimum absolute atomic E-state index is 0.0114. The van der Waals surface area contributed by atoms with E-state index >= 15 is 0 Å². The molecule has 0 fully saturated rings. The third-order valence-corrected chi connectivity index (χ3v) is 6.27. The molecular formula is C26H26ClN3O3. The van der Waals surface area contributed by atoms with Crippen LogP contribution in [-0.2, 0) is 4.79 Å². The Bertz CT molecular complexity index is 1150. The fourth-order valence-corrected chi connectivity index (χ4v) is 4.52. The molecule has 0 bridgehead atoms. The van der Waals surface area contributed by atoms with Gasteiger partial charge in [-0.3, -0.25) is 9.59 Å². The molecular weight excluding hydrogens is 438 g/mol. The first-order valence-corrected chi connectivity index (χ1v) is 11.3. The molecule has 1 aliphatic rings. The molecule has 170 valence electrons. The molecule has 3 aromatic rings. The van der Waals surface area contributed by atoms with Crippen molar-refractivity contribution in [1.82, 2.24) is 4.98 Å². The van der Waals surface area contributed by atoms with E-state index in [9.17, 15) is 9.59 Å². The number of aromatic nitrogens is 1. The van der Waals surface area contributed by atoms with E-state index < -0.39 is 0 Å². The van der Waals surface area contributed by atoms with E-state index in [1.54, 1.807) is 34.1 Å². The van der Waals surface area contributed by atoms with E-state index in [0.29, 0.717) is 29.4 Å². The standard InChI is InChI=1S/C26H26ClN3O3/c1-4-29(20-12-10-19(27)11-13-20)26(32)22-15-17(2)30(23-8-6-5-7-21(22)23)25(31)18-9-14-24(33-3)28-16-18/h5-14,16-17,22H,4,15H2,1-3H3/t17-,22-/m1/s1. The first-order chi connectivity index (χ1) is 15.9. The number of carbonyl (C=O) groups excluding carboxylic acids is 2. The first-order valence-electron chi connectivity index (χ1n) is 10.9. The van der Waals surface area contributed by atoms with Crippen LogP contribution in [-0.4, -0.2) is 36.5 Å². The smallest absolute Gasteiger partial charge is 0.260 e. The summed E-state index contributed by atoms with van der Waals surface area (Å²) >= 11 is 6.03. The average molecular weight is 464 g/mol. The van der Waals surface area contributed by atoms with Gasteiger partial charge in [0.15, 0.2) is 0 Å². The number of carbonyl (C=O) groups is 2. The number of methoxy groups -OCH3 is 1. The summed E-state index contributed by atoms with van der Waals surface area (Å²) in [6.07, 6.45) is 2.04. The van der Waals surface area contributed by atoms with Crippen LogP contribution in [0, 0.1) is 0 Å². The summed E-state index contributed by atoms with van der Waals surface area (Å²) in [5.41, 5.74) is 2.88. The molecule has 7 heteroatoms. The highest BCUT2D eigenvalue weighted by atomic mass is 35.5. The molecule has 2 amide bonds. The quantitative estimate of drug-likeness (QED) is 0.513. The number of rotatable bonds is 5. The van der Waals surface area contributed by atoms with Gasteiger partial charge in [-0.2, -0.15) is 0 Å². The summed E-state index contributed by atoms with van der Waals surface area (Å²) in [5.74, 6) is -0.0468. The van der Waals surface area contributed by atoms with Gasteiger partial charge in [0.2, 0.25) is 11.8 Å². The van der Waals surface area contributed by atoms with Crippen LogP contribution in [0.3, 0.4) is 0 Å². The Morgan fingerprint density at radius 3 is 2.48 bits per heavy atom. The summed E-state index contributed by atoms with van der Waals surface area (Å²) < 4.78 is 5.10. The van der Waals surface area contributed by atoms with Gasteiger partial charge in [0.25, 0.3) is 5.91 Å². The van der Waals surface area contributed by atoms with Crippen molar-refractivity contribution in [2.45, 2.75) is 32.2 Å². The number of benzene rings is 2. The Morgan fingerprint density at radius 2 is 1.85 bits per heavy atom. The van der Waals surface area contributed by atoms with Gasteiger partial charge in [0, 0.05) is 41.2 Å². The Balaban J connectivity index is 1.68. The van der Waals surface area contributed by atoms with Crippen LogP contribution in [0.15, 0.2) is 66.9 Å². The SMILES string of the molecule is CCN(C(=O)[C@@H]1C[C@@H](C)N(C(=O)c2ccc(OC)nc2)c2ccccc21)c1ccc(Cl)cc1. The van der Waals surface area contributed by atoms with Gasteiger partial charge in [-0.25, -0.2) is 4.98 Å². The molecule has 0 saturated heterocycles. The lowest BCUT2D eigenvalue weighted by molar-refractivity contribution is -0.120. The number of anilines is 2. The maximum atomic E-state index is 13.7. The zero-order chi connectivity index (χ0) is 23.5. The Hall–Kier alpha value is -3.38. The molecule has 4 rings (SSSR count). The second-order valence-electron chi connectivity index (χ2n) is 8.02. The third kappa shape index (κ3) is 4.44. The van der Waals surface area contributed by atoms with Crippen molar-refractivity contribution >= 4 is 34.8 Å². The van der Waals surface area contributed by atoms with Crippen LogP contribution in [0.25, 0.3) is 0 Å². The summed E-state index contributed by atoms with van der Waals surface area (Å²) in [7, 11) is 1.54. The van der Waals surface area contributed by atoms with E-state index in [4.69, 9.17) is 16.3 Å². The molecule has 0 saturated carbocycles. The summed E-state index contributed by atoms with van der Waals surface area (Å²) in [6, 6.07) is 18.1. The third-order valence-electron chi connectivity index (χ3n) is 6.02. The number of hydrogen-bond donors (Lipinski definition) is 0. The predicted molar refractivity (Wildman–Crippen MR) is 130 cm³/mol. The Morgan fingerprint density at radius 1 is 1.12 bits per heavy atom. The largest absolute Gasteiger partial charge is 0.481 e.